The number of carbonyl (C=O) groups is 1. The van der Waals surface area contributed by atoms with E-state index in [-0.39, 0.29) is 11.1 Å². The van der Waals surface area contributed by atoms with Gasteiger partial charge in [0.05, 0.1) is 12.1 Å². The molecule has 98 valence electrons. The summed E-state index contributed by atoms with van der Waals surface area (Å²) in [6.45, 7) is 2.09. The Hall–Kier alpha value is -1.88. The molecule has 0 unspecified atom stereocenters. The highest BCUT2D eigenvalue weighted by atomic mass is 79.9. The van der Waals surface area contributed by atoms with Gasteiger partial charge in [0.15, 0.2) is 0 Å². The van der Waals surface area contributed by atoms with Crippen molar-refractivity contribution in [1.29, 1.82) is 0 Å². The number of hydrogen-bond donors (Lipinski definition) is 1. The summed E-state index contributed by atoms with van der Waals surface area (Å²) in [6, 6.07) is 8.34. The summed E-state index contributed by atoms with van der Waals surface area (Å²) < 4.78 is 2.37. The van der Waals surface area contributed by atoms with Gasteiger partial charge in [0.25, 0.3) is 5.56 Å². The molecule has 0 aliphatic heterocycles. The molecule has 2 aromatic rings. The fraction of sp³-hybridized carbons (Fsp3) is 0.143. The molecule has 0 amide bonds. The predicted octanol–water partition coefficient (Wildman–Crippen LogP) is 2.67. The number of aromatic nitrogens is 1. The van der Waals surface area contributed by atoms with Crippen LogP contribution in [-0.2, 0) is 6.54 Å². The van der Waals surface area contributed by atoms with Gasteiger partial charge in [0.1, 0.15) is 0 Å². The number of hydrogen-bond acceptors (Lipinski definition) is 2. The first-order valence-electron chi connectivity index (χ1n) is 5.66. The summed E-state index contributed by atoms with van der Waals surface area (Å²) >= 11 is 3.34. The Balaban J connectivity index is 2.39. The highest BCUT2D eigenvalue weighted by molar-refractivity contribution is 9.10. The molecule has 5 heteroatoms. The molecular formula is C14H12BrNO3. The number of aromatic carboxylic acids is 1. The van der Waals surface area contributed by atoms with Gasteiger partial charge in [0, 0.05) is 16.2 Å². The third-order valence-electron chi connectivity index (χ3n) is 2.76. The number of carboxylic acid groups (broad SMARTS) is 1. The Morgan fingerprint density at radius 2 is 2.11 bits per heavy atom. The minimum absolute atomic E-state index is 0.0797. The molecule has 2 rings (SSSR count). The molecule has 19 heavy (non-hydrogen) atoms. The van der Waals surface area contributed by atoms with Crippen molar-refractivity contribution < 1.29 is 9.90 Å². The average Bonchev–Trinajstić information content (AvgIpc) is 2.35. The lowest BCUT2D eigenvalue weighted by atomic mass is 10.1. The first-order valence-corrected chi connectivity index (χ1v) is 6.45. The molecule has 1 heterocycles. The number of benzene rings is 1. The van der Waals surface area contributed by atoms with E-state index in [1.54, 1.807) is 42.0 Å². The van der Waals surface area contributed by atoms with Gasteiger partial charge in [-0.2, -0.15) is 0 Å². The van der Waals surface area contributed by atoms with E-state index in [4.69, 9.17) is 5.11 Å². The van der Waals surface area contributed by atoms with Crippen molar-refractivity contribution in [2.45, 2.75) is 13.5 Å². The van der Waals surface area contributed by atoms with E-state index >= 15 is 0 Å². The van der Waals surface area contributed by atoms with Crippen LogP contribution in [-0.4, -0.2) is 15.6 Å². The lowest BCUT2D eigenvalue weighted by Crippen LogP contribution is -2.22. The number of carboxylic acids is 1. The van der Waals surface area contributed by atoms with E-state index in [9.17, 15) is 9.59 Å². The smallest absolute Gasteiger partial charge is 0.335 e. The Kier molecular flexibility index (Phi) is 3.85. The SMILES string of the molecule is Cc1cc(Br)cn(Cc2cccc(C(=O)O)c2)c1=O. The Morgan fingerprint density at radius 3 is 2.79 bits per heavy atom. The van der Waals surface area contributed by atoms with Crippen LogP contribution in [0.3, 0.4) is 0 Å². The van der Waals surface area contributed by atoms with Crippen LogP contribution in [0.5, 0.6) is 0 Å². The second-order valence-electron chi connectivity index (χ2n) is 4.28. The molecule has 0 bridgehead atoms. The fourth-order valence-electron chi connectivity index (χ4n) is 1.86. The van der Waals surface area contributed by atoms with Crippen molar-refractivity contribution >= 4 is 21.9 Å². The van der Waals surface area contributed by atoms with Crippen LogP contribution in [0.2, 0.25) is 0 Å². The molecule has 0 fully saturated rings. The number of pyridine rings is 1. The molecule has 0 aliphatic rings. The number of nitrogens with zero attached hydrogens (tertiary/aromatic N) is 1. The highest BCUT2D eigenvalue weighted by Gasteiger charge is 2.06. The minimum atomic E-state index is -0.973. The van der Waals surface area contributed by atoms with Gasteiger partial charge in [-0.25, -0.2) is 4.79 Å². The summed E-state index contributed by atoms with van der Waals surface area (Å²) in [5.74, 6) is -0.973. The van der Waals surface area contributed by atoms with Crippen LogP contribution in [0.4, 0.5) is 0 Å². The predicted molar refractivity (Wildman–Crippen MR) is 75.6 cm³/mol. The van der Waals surface area contributed by atoms with Crippen molar-refractivity contribution in [2.24, 2.45) is 0 Å². The van der Waals surface area contributed by atoms with Crippen LogP contribution in [0.1, 0.15) is 21.5 Å². The van der Waals surface area contributed by atoms with E-state index in [2.05, 4.69) is 15.9 Å². The molecule has 0 radical (unpaired) electrons. The number of aryl methyl sites for hydroxylation is 1. The summed E-state index contributed by atoms with van der Waals surface area (Å²) in [7, 11) is 0. The first-order chi connectivity index (χ1) is 8.97. The Bertz CT molecular complexity index is 691. The standard InChI is InChI=1S/C14H12BrNO3/c1-9-5-12(15)8-16(13(9)17)7-10-3-2-4-11(6-10)14(18)19/h2-6,8H,7H2,1H3,(H,18,19). The van der Waals surface area contributed by atoms with Gasteiger partial charge < -0.3 is 9.67 Å². The Labute approximate surface area is 118 Å². The van der Waals surface area contributed by atoms with Gasteiger partial charge in [-0.1, -0.05) is 12.1 Å². The quantitative estimate of drug-likeness (QED) is 0.945. The summed E-state index contributed by atoms with van der Waals surface area (Å²) in [5.41, 5.74) is 1.56. The maximum Gasteiger partial charge on any atom is 0.335 e. The number of rotatable bonds is 3. The maximum atomic E-state index is 12.0. The second kappa shape index (κ2) is 5.40. The van der Waals surface area contributed by atoms with E-state index in [1.807, 2.05) is 0 Å². The zero-order chi connectivity index (χ0) is 14.0. The minimum Gasteiger partial charge on any atom is -0.478 e. The Morgan fingerprint density at radius 1 is 1.37 bits per heavy atom. The first kappa shape index (κ1) is 13.5. The van der Waals surface area contributed by atoms with Crippen LogP contribution >= 0.6 is 15.9 Å². The van der Waals surface area contributed by atoms with Gasteiger partial charge in [0.2, 0.25) is 0 Å². The molecule has 0 spiro atoms. The van der Waals surface area contributed by atoms with Crippen molar-refractivity contribution in [3.8, 4) is 0 Å². The molecule has 0 aliphatic carbocycles. The van der Waals surface area contributed by atoms with Gasteiger partial charge in [-0.3, -0.25) is 4.79 Å². The molecule has 4 nitrogen and oxygen atoms in total. The summed E-state index contributed by atoms with van der Waals surface area (Å²) in [5, 5.41) is 8.94. The van der Waals surface area contributed by atoms with Crippen LogP contribution in [0.15, 0.2) is 45.8 Å². The monoisotopic (exact) mass is 321 g/mol. The lowest BCUT2D eigenvalue weighted by Gasteiger charge is -2.08. The second-order valence-corrected chi connectivity index (χ2v) is 5.20. The average molecular weight is 322 g/mol. The van der Waals surface area contributed by atoms with Crippen molar-refractivity contribution in [2.75, 3.05) is 0 Å². The molecular weight excluding hydrogens is 310 g/mol. The topological polar surface area (TPSA) is 59.3 Å². The maximum absolute atomic E-state index is 12.0. The van der Waals surface area contributed by atoms with Gasteiger partial charge in [-0.05, 0) is 46.6 Å². The van der Waals surface area contributed by atoms with E-state index in [1.165, 1.54) is 6.07 Å². The molecule has 1 N–H and O–H groups in total. The molecule has 0 saturated heterocycles. The normalized spacial score (nSPS) is 10.4. The fourth-order valence-corrected chi connectivity index (χ4v) is 2.45. The van der Waals surface area contributed by atoms with Crippen LogP contribution in [0, 0.1) is 6.92 Å². The van der Waals surface area contributed by atoms with E-state index in [0.29, 0.717) is 12.1 Å². The van der Waals surface area contributed by atoms with E-state index in [0.717, 1.165) is 10.0 Å². The zero-order valence-electron chi connectivity index (χ0n) is 10.3. The summed E-state index contributed by atoms with van der Waals surface area (Å²) in [4.78, 5) is 22.9. The van der Waals surface area contributed by atoms with Crippen molar-refractivity contribution in [1.82, 2.24) is 4.57 Å². The van der Waals surface area contributed by atoms with Crippen LogP contribution in [0.25, 0.3) is 0 Å². The summed E-state index contributed by atoms with van der Waals surface area (Å²) in [6.07, 6.45) is 1.70. The van der Waals surface area contributed by atoms with Gasteiger partial charge in [-0.15, -0.1) is 0 Å². The highest BCUT2D eigenvalue weighted by Crippen LogP contribution is 2.11. The molecule has 0 atom stereocenters. The van der Waals surface area contributed by atoms with E-state index < -0.39 is 5.97 Å². The van der Waals surface area contributed by atoms with Crippen molar-refractivity contribution in [3.05, 3.63) is 68.0 Å². The third-order valence-corrected chi connectivity index (χ3v) is 3.19. The third kappa shape index (κ3) is 3.12. The molecule has 0 saturated carbocycles. The van der Waals surface area contributed by atoms with Crippen molar-refractivity contribution in [3.63, 3.8) is 0 Å². The molecule has 1 aromatic heterocycles. The lowest BCUT2D eigenvalue weighted by molar-refractivity contribution is 0.0696. The van der Waals surface area contributed by atoms with Gasteiger partial charge >= 0.3 is 5.97 Å². The number of halogens is 1. The molecule has 1 aromatic carbocycles. The zero-order valence-corrected chi connectivity index (χ0v) is 11.8. The van der Waals surface area contributed by atoms with Crippen LogP contribution < -0.4 is 5.56 Å². The largest absolute Gasteiger partial charge is 0.478 e.